The van der Waals surface area contributed by atoms with Crippen molar-refractivity contribution in [1.82, 2.24) is 10.2 Å². The molecule has 1 N–H and O–H groups in total. The van der Waals surface area contributed by atoms with E-state index in [2.05, 4.69) is 16.8 Å². The SMILES string of the molecule is C=CCCNC1CN2CCC1CC2. The molecule has 3 fully saturated rings. The van der Waals surface area contributed by atoms with Gasteiger partial charge in [-0.05, 0) is 44.8 Å². The summed E-state index contributed by atoms with van der Waals surface area (Å²) in [6.07, 6.45) is 5.91. The quantitative estimate of drug-likeness (QED) is 0.517. The summed E-state index contributed by atoms with van der Waals surface area (Å²) in [5.41, 5.74) is 0. The van der Waals surface area contributed by atoms with Gasteiger partial charge in [-0.25, -0.2) is 0 Å². The number of rotatable bonds is 4. The molecule has 0 amide bonds. The van der Waals surface area contributed by atoms with Crippen LogP contribution in [0.2, 0.25) is 0 Å². The van der Waals surface area contributed by atoms with E-state index in [1.54, 1.807) is 0 Å². The van der Waals surface area contributed by atoms with Gasteiger partial charge in [-0.3, -0.25) is 0 Å². The van der Waals surface area contributed by atoms with Crippen LogP contribution in [0.15, 0.2) is 12.7 Å². The Labute approximate surface area is 81.0 Å². The van der Waals surface area contributed by atoms with Crippen molar-refractivity contribution in [2.75, 3.05) is 26.2 Å². The fourth-order valence-electron chi connectivity index (χ4n) is 2.57. The highest BCUT2D eigenvalue weighted by Gasteiger charge is 2.33. The molecule has 3 saturated heterocycles. The third-order valence-electron chi connectivity index (χ3n) is 3.41. The lowest BCUT2D eigenvalue weighted by Crippen LogP contribution is -2.56. The lowest BCUT2D eigenvalue weighted by atomic mass is 9.84. The summed E-state index contributed by atoms with van der Waals surface area (Å²) in [6.45, 7) is 8.81. The van der Waals surface area contributed by atoms with Crippen molar-refractivity contribution in [3.8, 4) is 0 Å². The summed E-state index contributed by atoms with van der Waals surface area (Å²) in [5, 5.41) is 3.64. The molecule has 2 heteroatoms. The Kier molecular flexibility index (Phi) is 3.01. The summed E-state index contributed by atoms with van der Waals surface area (Å²) in [7, 11) is 0. The number of piperidine rings is 3. The summed E-state index contributed by atoms with van der Waals surface area (Å²) in [4.78, 5) is 2.59. The van der Waals surface area contributed by atoms with Crippen LogP contribution in [0.3, 0.4) is 0 Å². The van der Waals surface area contributed by atoms with Crippen LogP contribution < -0.4 is 5.32 Å². The maximum Gasteiger partial charge on any atom is 0.0224 e. The molecule has 3 aliphatic heterocycles. The van der Waals surface area contributed by atoms with Crippen molar-refractivity contribution >= 4 is 0 Å². The van der Waals surface area contributed by atoms with Crippen molar-refractivity contribution < 1.29 is 0 Å². The fourth-order valence-corrected chi connectivity index (χ4v) is 2.57. The van der Waals surface area contributed by atoms with E-state index in [1.807, 2.05) is 6.08 Å². The maximum absolute atomic E-state index is 3.74. The van der Waals surface area contributed by atoms with Crippen molar-refractivity contribution in [3.63, 3.8) is 0 Å². The van der Waals surface area contributed by atoms with E-state index >= 15 is 0 Å². The van der Waals surface area contributed by atoms with Gasteiger partial charge >= 0.3 is 0 Å². The van der Waals surface area contributed by atoms with Crippen molar-refractivity contribution in [2.24, 2.45) is 5.92 Å². The third-order valence-corrected chi connectivity index (χ3v) is 3.41. The molecular weight excluding hydrogens is 160 g/mol. The van der Waals surface area contributed by atoms with Crippen LogP contribution in [0, 0.1) is 5.92 Å². The molecule has 0 aromatic carbocycles. The Hall–Kier alpha value is -0.340. The highest BCUT2D eigenvalue weighted by molar-refractivity contribution is 4.91. The number of fused-ring (bicyclic) bond motifs is 3. The molecule has 1 unspecified atom stereocenters. The first kappa shape index (κ1) is 9.22. The Morgan fingerprint density at radius 2 is 2.15 bits per heavy atom. The fraction of sp³-hybridized carbons (Fsp3) is 0.818. The molecule has 0 radical (unpaired) electrons. The minimum atomic E-state index is 0.766. The van der Waals surface area contributed by atoms with Crippen molar-refractivity contribution in [3.05, 3.63) is 12.7 Å². The first-order valence-corrected chi connectivity index (χ1v) is 5.47. The van der Waals surface area contributed by atoms with E-state index in [1.165, 1.54) is 32.5 Å². The zero-order valence-electron chi connectivity index (χ0n) is 8.34. The molecular formula is C11H20N2. The molecule has 0 spiro atoms. The van der Waals surface area contributed by atoms with E-state index in [-0.39, 0.29) is 0 Å². The lowest BCUT2D eigenvalue weighted by Gasteiger charge is -2.45. The van der Waals surface area contributed by atoms with Crippen LogP contribution in [0.4, 0.5) is 0 Å². The zero-order chi connectivity index (χ0) is 9.10. The van der Waals surface area contributed by atoms with Gasteiger partial charge in [0.2, 0.25) is 0 Å². The van der Waals surface area contributed by atoms with Gasteiger partial charge in [0.05, 0.1) is 0 Å². The molecule has 2 bridgehead atoms. The number of hydrogen-bond donors (Lipinski definition) is 1. The largest absolute Gasteiger partial charge is 0.312 e. The molecule has 74 valence electrons. The third kappa shape index (κ3) is 2.12. The first-order valence-electron chi connectivity index (χ1n) is 5.47. The van der Waals surface area contributed by atoms with E-state index in [0.29, 0.717) is 0 Å². The average Bonchev–Trinajstić information content (AvgIpc) is 2.20. The minimum absolute atomic E-state index is 0.766. The Morgan fingerprint density at radius 1 is 1.38 bits per heavy atom. The Balaban J connectivity index is 1.76. The van der Waals surface area contributed by atoms with Gasteiger partial charge < -0.3 is 10.2 Å². The number of nitrogens with one attached hydrogen (secondary N) is 1. The second-order valence-corrected chi connectivity index (χ2v) is 4.28. The molecule has 0 aromatic heterocycles. The van der Waals surface area contributed by atoms with Crippen LogP contribution >= 0.6 is 0 Å². The van der Waals surface area contributed by atoms with Crippen LogP contribution in [-0.4, -0.2) is 37.1 Å². The van der Waals surface area contributed by atoms with E-state index < -0.39 is 0 Å². The van der Waals surface area contributed by atoms with Crippen LogP contribution in [-0.2, 0) is 0 Å². The predicted molar refractivity (Wildman–Crippen MR) is 55.8 cm³/mol. The predicted octanol–water partition coefficient (Wildman–Crippen LogP) is 1.25. The van der Waals surface area contributed by atoms with E-state index in [4.69, 9.17) is 0 Å². The van der Waals surface area contributed by atoms with Crippen LogP contribution in [0.1, 0.15) is 19.3 Å². The number of nitrogens with zero attached hydrogens (tertiary/aromatic N) is 1. The molecule has 3 rings (SSSR count). The molecule has 13 heavy (non-hydrogen) atoms. The van der Waals surface area contributed by atoms with Gasteiger partial charge in [-0.15, -0.1) is 6.58 Å². The van der Waals surface area contributed by atoms with Gasteiger partial charge in [-0.2, -0.15) is 0 Å². The Bertz CT molecular complexity index is 171. The zero-order valence-corrected chi connectivity index (χ0v) is 8.34. The molecule has 0 saturated carbocycles. The summed E-state index contributed by atoms with van der Waals surface area (Å²) in [5.74, 6) is 0.954. The lowest BCUT2D eigenvalue weighted by molar-refractivity contribution is 0.0732. The van der Waals surface area contributed by atoms with Crippen molar-refractivity contribution in [1.29, 1.82) is 0 Å². The molecule has 0 aliphatic carbocycles. The molecule has 3 aliphatic rings. The molecule has 3 heterocycles. The first-order chi connectivity index (χ1) is 6.40. The molecule has 1 atom stereocenters. The summed E-state index contributed by atoms with van der Waals surface area (Å²) in [6, 6.07) is 0.766. The highest BCUT2D eigenvalue weighted by Crippen LogP contribution is 2.27. The molecule has 2 nitrogen and oxygen atoms in total. The van der Waals surface area contributed by atoms with E-state index in [0.717, 1.165) is 24.9 Å². The van der Waals surface area contributed by atoms with Gasteiger partial charge in [0, 0.05) is 12.6 Å². The average molecular weight is 180 g/mol. The Morgan fingerprint density at radius 3 is 2.69 bits per heavy atom. The number of hydrogen-bond acceptors (Lipinski definition) is 2. The standard InChI is InChI=1S/C11H20N2/c1-2-3-6-12-11-9-13-7-4-10(11)5-8-13/h2,10-12H,1,3-9H2. The van der Waals surface area contributed by atoms with Gasteiger partial charge in [0.25, 0.3) is 0 Å². The monoisotopic (exact) mass is 180 g/mol. The molecule has 0 aromatic rings. The second-order valence-electron chi connectivity index (χ2n) is 4.28. The topological polar surface area (TPSA) is 15.3 Å². The van der Waals surface area contributed by atoms with Crippen molar-refractivity contribution in [2.45, 2.75) is 25.3 Å². The summed E-state index contributed by atoms with van der Waals surface area (Å²) >= 11 is 0. The van der Waals surface area contributed by atoms with Crippen LogP contribution in [0.5, 0.6) is 0 Å². The van der Waals surface area contributed by atoms with Gasteiger partial charge in [0.15, 0.2) is 0 Å². The minimum Gasteiger partial charge on any atom is -0.312 e. The highest BCUT2D eigenvalue weighted by atomic mass is 15.2. The smallest absolute Gasteiger partial charge is 0.0224 e. The van der Waals surface area contributed by atoms with Gasteiger partial charge in [0.1, 0.15) is 0 Å². The maximum atomic E-state index is 3.74. The summed E-state index contributed by atoms with van der Waals surface area (Å²) < 4.78 is 0. The normalized spacial score (nSPS) is 37.7. The van der Waals surface area contributed by atoms with E-state index in [9.17, 15) is 0 Å². The van der Waals surface area contributed by atoms with Gasteiger partial charge in [-0.1, -0.05) is 6.08 Å². The van der Waals surface area contributed by atoms with Crippen LogP contribution in [0.25, 0.3) is 0 Å². The second kappa shape index (κ2) is 4.25.